The van der Waals surface area contributed by atoms with E-state index in [0.717, 1.165) is 22.4 Å². The van der Waals surface area contributed by atoms with Gasteiger partial charge in [0.05, 0.1) is 12.8 Å². The number of anilines is 1. The van der Waals surface area contributed by atoms with Crippen LogP contribution in [0.3, 0.4) is 0 Å². The number of aromatic nitrogens is 2. The predicted octanol–water partition coefficient (Wildman–Crippen LogP) is 2.93. The number of carbonyl (C=O) groups is 2. The average molecular weight is 404 g/mol. The molecule has 0 bridgehead atoms. The first-order valence-corrected chi connectivity index (χ1v) is 9.75. The van der Waals surface area contributed by atoms with Crippen LogP contribution in [0, 0.1) is 13.8 Å². The first-order valence-electron chi connectivity index (χ1n) is 9.75. The summed E-state index contributed by atoms with van der Waals surface area (Å²) in [5.74, 6) is 0.260. The number of nitrogens with one attached hydrogen (secondary N) is 2. The van der Waals surface area contributed by atoms with Gasteiger partial charge >= 0.3 is 0 Å². The number of ether oxygens (including phenoxy) is 1. The lowest BCUT2D eigenvalue weighted by Gasteiger charge is -2.33. The fourth-order valence-corrected chi connectivity index (χ4v) is 4.10. The molecule has 7 nitrogen and oxygen atoms in total. The van der Waals surface area contributed by atoms with E-state index in [1.54, 1.807) is 43.1 Å². The summed E-state index contributed by atoms with van der Waals surface area (Å²) in [7, 11) is 3.39. The van der Waals surface area contributed by atoms with Crippen LogP contribution in [0.5, 0.6) is 5.75 Å². The zero-order chi connectivity index (χ0) is 21.4. The number of carbonyl (C=O) groups excluding carboxylic acids is 2. The highest BCUT2D eigenvalue weighted by Gasteiger charge is 2.42. The van der Waals surface area contributed by atoms with Crippen LogP contribution < -0.4 is 15.4 Å². The molecule has 30 heavy (non-hydrogen) atoms. The summed E-state index contributed by atoms with van der Waals surface area (Å²) in [5, 5.41) is 10.4. The minimum absolute atomic E-state index is 0.289. The third-order valence-corrected chi connectivity index (χ3v) is 5.48. The van der Waals surface area contributed by atoms with Crippen molar-refractivity contribution in [2.45, 2.75) is 25.8 Å². The van der Waals surface area contributed by atoms with Crippen molar-refractivity contribution in [2.75, 3.05) is 12.4 Å². The van der Waals surface area contributed by atoms with Gasteiger partial charge in [-0.1, -0.05) is 35.9 Å². The van der Waals surface area contributed by atoms with E-state index in [1.807, 2.05) is 38.1 Å². The maximum Gasteiger partial charge on any atom is 0.251 e. The SMILES string of the molecule is COc1ccc(C)cc1[C@H]1c2c(C)nn(C)c2NC(=O)[C@@H]1NC(=O)c1ccccc1. The topological polar surface area (TPSA) is 85.2 Å². The highest BCUT2D eigenvalue weighted by Crippen LogP contribution is 2.42. The molecule has 0 radical (unpaired) electrons. The first kappa shape index (κ1) is 19.7. The third kappa shape index (κ3) is 3.32. The summed E-state index contributed by atoms with van der Waals surface area (Å²) in [6, 6.07) is 13.9. The van der Waals surface area contributed by atoms with Gasteiger partial charge in [0.2, 0.25) is 5.91 Å². The molecule has 4 rings (SSSR count). The Kier molecular flexibility index (Phi) is 5.03. The highest BCUT2D eigenvalue weighted by atomic mass is 16.5. The summed E-state index contributed by atoms with van der Waals surface area (Å²) in [5.41, 5.74) is 4.03. The molecule has 1 aromatic heterocycles. The van der Waals surface area contributed by atoms with Crippen LogP contribution in [0.2, 0.25) is 0 Å². The molecule has 0 saturated heterocycles. The molecule has 7 heteroatoms. The van der Waals surface area contributed by atoms with Gasteiger partial charge in [0, 0.05) is 29.7 Å². The van der Waals surface area contributed by atoms with E-state index in [1.165, 1.54) is 0 Å². The van der Waals surface area contributed by atoms with Crippen molar-refractivity contribution in [2.24, 2.45) is 7.05 Å². The van der Waals surface area contributed by atoms with Crippen LogP contribution in [0.25, 0.3) is 0 Å². The Hall–Kier alpha value is -3.61. The van der Waals surface area contributed by atoms with E-state index in [0.29, 0.717) is 17.1 Å². The Morgan fingerprint density at radius 3 is 2.60 bits per heavy atom. The van der Waals surface area contributed by atoms with Crippen LogP contribution in [0.15, 0.2) is 48.5 Å². The minimum Gasteiger partial charge on any atom is -0.496 e. The van der Waals surface area contributed by atoms with Crippen molar-refractivity contribution in [3.05, 3.63) is 76.5 Å². The second kappa shape index (κ2) is 7.67. The standard InChI is InChI=1S/C23H24N4O3/c1-13-10-11-17(30-4)16(12-13)19-18-14(2)26-27(3)21(18)25-23(29)20(19)24-22(28)15-8-6-5-7-9-15/h5-12,19-20H,1-4H3,(H,24,28)(H,25,29)/t19-,20+/m0/s1. The Bertz CT molecular complexity index is 1120. The van der Waals surface area contributed by atoms with E-state index >= 15 is 0 Å². The highest BCUT2D eigenvalue weighted by molar-refractivity contribution is 6.04. The molecule has 1 aliphatic rings. The smallest absolute Gasteiger partial charge is 0.251 e. The van der Waals surface area contributed by atoms with Crippen molar-refractivity contribution >= 4 is 17.6 Å². The summed E-state index contributed by atoms with van der Waals surface area (Å²) in [4.78, 5) is 26.1. The predicted molar refractivity (Wildman–Crippen MR) is 114 cm³/mol. The Labute approximate surface area is 175 Å². The molecule has 154 valence electrons. The molecular weight excluding hydrogens is 380 g/mol. The van der Waals surface area contributed by atoms with Gasteiger partial charge in [-0.3, -0.25) is 14.3 Å². The number of aryl methyl sites for hydroxylation is 3. The molecular formula is C23H24N4O3. The van der Waals surface area contributed by atoms with Gasteiger partial charge in [-0.25, -0.2) is 0 Å². The lowest BCUT2D eigenvalue weighted by atomic mass is 9.81. The number of fused-ring (bicyclic) bond motifs is 1. The maximum absolute atomic E-state index is 13.1. The van der Waals surface area contributed by atoms with Crippen molar-refractivity contribution in [3.63, 3.8) is 0 Å². The van der Waals surface area contributed by atoms with Crippen molar-refractivity contribution in [3.8, 4) is 5.75 Å². The van der Waals surface area contributed by atoms with Gasteiger partial charge in [0.1, 0.15) is 17.6 Å². The second-order valence-electron chi connectivity index (χ2n) is 7.50. The Balaban J connectivity index is 1.86. The molecule has 0 fully saturated rings. The normalized spacial score (nSPS) is 17.8. The number of benzene rings is 2. The van der Waals surface area contributed by atoms with Crippen LogP contribution >= 0.6 is 0 Å². The van der Waals surface area contributed by atoms with E-state index < -0.39 is 12.0 Å². The van der Waals surface area contributed by atoms with Crippen LogP contribution in [-0.4, -0.2) is 34.7 Å². The van der Waals surface area contributed by atoms with Crippen LogP contribution in [0.1, 0.15) is 38.7 Å². The summed E-state index contributed by atoms with van der Waals surface area (Å²) < 4.78 is 7.28. The van der Waals surface area contributed by atoms with Crippen LogP contribution in [-0.2, 0) is 11.8 Å². The van der Waals surface area contributed by atoms with Gasteiger partial charge in [-0.15, -0.1) is 0 Å². The zero-order valence-electron chi connectivity index (χ0n) is 17.4. The number of hydrogen-bond acceptors (Lipinski definition) is 4. The fraction of sp³-hybridized carbons (Fsp3) is 0.261. The Morgan fingerprint density at radius 2 is 1.90 bits per heavy atom. The summed E-state index contributed by atoms with van der Waals surface area (Å²) in [6.07, 6.45) is 0. The molecule has 2 N–H and O–H groups in total. The molecule has 3 aromatic rings. The van der Waals surface area contributed by atoms with E-state index in [2.05, 4.69) is 15.7 Å². The quantitative estimate of drug-likeness (QED) is 0.700. The molecule has 2 atom stereocenters. The van der Waals surface area contributed by atoms with E-state index in [4.69, 9.17) is 4.74 Å². The molecule has 2 heterocycles. The summed E-state index contributed by atoms with van der Waals surface area (Å²) >= 11 is 0. The van der Waals surface area contributed by atoms with Crippen molar-refractivity contribution in [1.29, 1.82) is 0 Å². The molecule has 2 aromatic carbocycles. The number of methoxy groups -OCH3 is 1. The van der Waals surface area contributed by atoms with Gasteiger partial charge in [-0.2, -0.15) is 5.10 Å². The lowest BCUT2D eigenvalue weighted by molar-refractivity contribution is -0.118. The van der Waals surface area contributed by atoms with Crippen molar-refractivity contribution < 1.29 is 14.3 Å². The zero-order valence-corrected chi connectivity index (χ0v) is 17.4. The molecule has 1 aliphatic heterocycles. The molecule has 2 amide bonds. The lowest BCUT2D eigenvalue weighted by Crippen LogP contribution is -2.50. The second-order valence-corrected chi connectivity index (χ2v) is 7.50. The number of nitrogens with zero attached hydrogens (tertiary/aromatic N) is 2. The first-order chi connectivity index (χ1) is 14.4. The third-order valence-electron chi connectivity index (χ3n) is 5.48. The maximum atomic E-state index is 13.1. The molecule has 0 aliphatic carbocycles. The number of rotatable bonds is 4. The van der Waals surface area contributed by atoms with Crippen LogP contribution in [0.4, 0.5) is 5.82 Å². The molecule has 0 spiro atoms. The van der Waals surface area contributed by atoms with Gasteiger partial charge in [0.15, 0.2) is 0 Å². The largest absolute Gasteiger partial charge is 0.496 e. The van der Waals surface area contributed by atoms with Gasteiger partial charge < -0.3 is 15.4 Å². The monoisotopic (exact) mass is 404 g/mol. The van der Waals surface area contributed by atoms with Crippen molar-refractivity contribution in [1.82, 2.24) is 15.1 Å². The number of hydrogen-bond donors (Lipinski definition) is 2. The van der Waals surface area contributed by atoms with Gasteiger partial charge in [0.25, 0.3) is 5.91 Å². The van der Waals surface area contributed by atoms with Gasteiger partial charge in [-0.05, 0) is 32.0 Å². The average Bonchev–Trinajstić information content (AvgIpc) is 3.02. The molecule has 0 unspecified atom stereocenters. The Morgan fingerprint density at radius 1 is 1.17 bits per heavy atom. The minimum atomic E-state index is -0.816. The fourth-order valence-electron chi connectivity index (χ4n) is 4.10. The summed E-state index contributed by atoms with van der Waals surface area (Å²) in [6.45, 7) is 3.89. The molecule has 0 saturated carbocycles. The number of amides is 2. The van der Waals surface area contributed by atoms with E-state index in [9.17, 15) is 9.59 Å². The van der Waals surface area contributed by atoms with E-state index in [-0.39, 0.29) is 11.8 Å².